The molecular formula is C15H22N2O4S. The first-order valence-corrected chi connectivity index (χ1v) is 9.11. The van der Waals surface area contributed by atoms with Crippen molar-refractivity contribution in [3.63, 3.8) is 0 Å². The lowest BCUT2D eigenvalue weighted by Crippen LogP contribution is -2.52. The number of rotatable bonds is 4. The highest BCUT2D eigenvalue weighted by Gasteiger charge is 2.31. The monoisotopic (exact) mass is 326 g/mol. The van der Waals surface area contributed by atoms with Gasteiger partial charge in [0.05, 0.1) is 4.90 Å². The van der Waals surface area contributed by atoms with Crippen molar-refractivity contribution in [2.75, 3.05) is 19.3 Å². The van der Waals surface area contributed by atoms with E-state index in [2.05, 4.69) is 12.2 Å². The van der Waals surface area contributed by atoms with E-state index in [4.69, 9.17) is 5.11 Å². The third kappa shape index (κ3) is 4.20. The number of hydrogen-bond donors (Lipinski definition) is 2. The Morgan fingerprint density at radius 2 is 1.82 bits per heavy atom. The molecular weight excluding hydrogens is 304 g/mol. The van der Waals surface area contributed by atoms with E-state index in [1.807, 2.05) is 0 Å². The number of likely N-dealkylation sites (tertiary alicyclic amines) is 1. The van der Waals surface area contributed by atoms with Gasteiger partial charge in [0.15, 0.2) is 9.84 Å². The minimum absolute atomic E-state index is 0.0958. The predicted octanol–water partition coefficient (Wildman–Crippen LogP) is 1.71. The van der Waals surface area contributed by atoms with Gasteiger partial charge in [-0.3, -0.25) is 0 Å². The molecule has 22 heavy (non-hydrogen) atoms. The SMILES string of the molecule is CC1(NCc2ccc(S(C)(=O)=O)cc2)CCN(C(=O)O)CC1. The van der Waals surface area contributed by atoms with Crippen LogP contribution >= 0.6 is 0 Å². The normalized spacial score (nSPS) is 18.2. The van der Waals surface area contributed by atoms with E-state index in [0.717, 1.165) is 18.4 Å². The molecule has 122 valence electrons. The van der Waals surface area contributed by atoms with Gasteiger partial charge in [0, 0.05) is 31.4 Å². The molecule has 1 fully saturated rings. The molecule has 1 saturated heterocycles. The van der Waals surface area contributed by atoms with Crippen LogP contribution in [-0.4, -0.2) is 49.4 Å². The highest BCUT2D eigenvalue weighted by molar-refractivity contribution is 7.90. The van der Waals surface area contributed by atoms with Crippen molar-refractivity contribution in [3.05, 3.63) is 29.8 Å². The summed E-state index contributed by atoms with van der Waals surface area (Å²) in [5.74, 6) is 0. The first-order valence-electron chi connectivity index (χ1n) is 7.22. The van der Waals surface area contributed by atoms with Crippen LogP contribution in [0.1, 0.15) is 25.3 Å². The Bertz CT molecular complexity index is 632. The summed E-state index contributed by atoms with van der Waals surface area (Å²) in [6.45, 7) is 3.79. The average molecular weight is 326 g/mol. The van der Waals surface area contributed by atoms with Gasteiger partial charge in [-0.05, 0) is 37.5 Å². The third-order valence-corrected chi connectivity index (χ3v) is 5.34. The van der Waals surface area contributed by atoms with Crippen LogP contribution in [0.4, 0.5) is 4.79 Å². The number of piperidine rings is 1. The van der Waals surface area contributed by atoms with E-state index < -0.39 is 15.9 Å². The molecule has 0 radical (unpaired) electrons. The molecule has 0 spiro atoms. The van der Waals surface area contributed by atoms with E-state index >= 15 is 0 Å². The number of nitrogens with one attached hydrogen (secondary N) is 1. The molecule has 0 unspecified atom stereocenters. The lowest BCUT2D eigenvalue weighted by molar-refractivity contribution is 0.111. The number of sulfone groups is 1. The molecule has 7 heteroatoms. The van der Waals surface area contributed by atoms with Crippen molar-refractivity contribution < 1.29 is 18.3 Å². The molecule has 0 bridgehead atoms. The van der Waals surface area contributed by atoms with Gasteiger partial charge in [-0.1, -0.05) is 12.1 Å². The van der Waals surface area contributed by atoms with Crippen molar-refractivity contribution in [1.29, 1.82) is 0 Å². The molecule has 1 amide bonds. The molecule has 2 rings (SSSR count). The Morgan fingerprint density at radius 1 is 1.27 bits per heavy atom. The number of carboxylic acid groups (broad SMARTS) is 1. The second-order valence-electron chi connectivity index (χ2n) is 6.10. The van der Waals surface area contributed by atoms with Gasteiger partial charge in [0.1, 0.15) is 0 Å². The predicted molar refractivity (Wildman–Crippen MR) is 83.6 cm³/mol. The molecule has 0 saturated carbocycles. The maximum atomic E-state index is 11.4. The Morgan fingerprint density at radius 3 is 2.27 bits per heavy atom. The van der Waals surface area contributed by atoms with Gasteiger partial charge < -0.3 is 15.3 Å². The number of hydrogen-bond acceptors (Lipinski definition) is 4. The van der Waals surface area contributed by atoms with E-state index in [9.17, 15) is 13.2 Å². The summed E-state index contributed by atoms with van der Waals surface area (Å²) in [6, 6.07) is 6.83. The van der Waals surface area contributed by atoms with Crippen molar-refractivity contribution >= 4 is 15.9 Å². The lowest BCUT2D eigenvalue weighted by atomic mass is 9.89. The summed E-state index contributed by atoms with van der Waals surface area (Å²) in [5, 5.41) is 12.4. The molecule has 0 aromatic heterocycles. The largest absolute Gasteiger partial charge is 0.465 e. The van der Waals surface area contributed by atoms with Gasteiger partial charge in [0.2, 0.25) is 0 Å². The summed E-state index contributed by atoms with van der Waals surface area (Å²) in [6.07, 6.45) is 1.86. The summed E-state index contributed by atoms with van der Waals surface area (Å²) < 4.78 is 22.8. The van der Waals surface area contributed by atoms with Crippen LogP contribution < -0.4 is 5.32 Å². The highest BCUT2D eigenvalue weighted by Crippen LogP contribution is 2.22. The van der Waals surface area contributed by atoms with Crippen molar-refractivity contribution in [1.82, 2.24) is 10.2 Å². The van der Waals surface area contributed by atoms with E-state index in [1.165, 1.54) is 11.2 Å². The van der Waals surface area contributed by atoms with Crippen LogP contribution in [0.2, 0.25) is 0 Å². The fraction of sp³-hybridized carbons (Fsp3) is 0.533. The fourth-order valence-corrected chi connectivity index (χ4v) is 3.17. The molecule has 1 aliphatic heterocycles. The van der Waals surface area contributed by atoms with Gasteiger partial charge in [-0.2, -0.15) is 0 Å². The third-order valence-electron chi connectivity index (χ3n) is 4.21. The Hall–Kier alpha value is -1.60. The Kier molecular flexibility index (Phi) is 4.77. The van der Waals surface area contributed by atoms with E-state index in [-0.39, 0.29) is 5.54 Å². The molecule has 0 aliphatic carbocycles. The van der Waals surface area contributed by atoms with Crippen LogP contribution in [0, 0.1) is 0 Å². The maximum Gasteiger partial charge on any atom is 0.407 e. The van der Waals surface area contributed by atoms with Crippen molar-refractivity contribution in [2.24, 2.45) is 0 Å². The number of carbonyl (C=O) groups is 1. The second-order valence-corrected chi connectivity index (χ2v) is 8.12. The summed E-state index contributed by atoms with van der Waals surface area (Å²) in [4.78, 5) is 12.7. The Labute approximate surface area is 131 Å². The minimum Gasteiger partial charge on any atom is -0.465 e. The van der Waals surface area contributed by atoms with E-state index in [1.54, 1.807) is 24.3 Å². The lowest BCUT2D eigenvalue weighted by Gasteiger charge is -2.39. The molecule has 0 atom stereocenters. The van der Waals surface area contributed by atoms with Gasteiger partial charge in [0.25, 0.3) is 0 Å². The number of benzene rings is 1. The second kappa shape index (κ2) is 6.26. The van der Waals surface area contributed by atoms with Gasteiger partial charge in [-0.15, -0.1) is 0 Å². The number of nitrogens with zero attached hydrogens (tertiary/aromatic N) is 1. The van der Waals surface area contributed by atoms with Crippen LogP contribution in [0.3, 0.4) is 0 Å². The maximum absolute atomic E-state index is 11.4. The summed E-state index contributed by atoms with van der Waals surface area (Å²) in [5.41, 5.74) is 0.913. The van der Waals surface area contributed by atoms with Gasteiger partial charge >= 0.3 is 6.09 Å². The molecule has 1 heterocycles. The average Bonchev–Trinajstić information content (AvgIpc) is 2.45. The molecule has 1 aromatic carbocycles. The molecule has 2 N–H and O–H groups in total. The summed E-state index contributed by atoms with van der Waals surface area (Å²) in [7, 11) is -3.16. The standard InChI is InChI=1S/C15H22N2O4S/c1-15(7-9-17(10-8-15)14(18)19)16-11-12-3-5-13(6-4-12)22(2,20)21/h3-6,16H,7-11H2,1-2H3,(H,18,19). The zero-order valence-electron chi connectivity index (χ0n) is 12.9. The smallest absolute Gasteiger partial charge is 0.407 e. The topological polar surface area (TPSA) is 86.7 Å². The van der Waals surface area contributed by atoms with Gasteiger partial charge in [-0.25, -0.2) is 13.2 Å². The van der Waals surface area contributed by atoms with Crippen molar-refractivity contribution in [2.45, 2.75) is 36.7 Å². The first kappa shape index (κ1) is 16.8. The van der Waals surface area contributed by atoms with E-state index in [0.29, 0.717) is 24.5 Å². The number of amides is 1. The highest BCUT2D eigenvalue weighted by atomic mass is 32.2. The fourth-order valence-electron chi connectivity index (χ4n) is 2.54. The van der Waals surface area contributed by atoms with Crippen LogP contribution in [0.25, 0.3) is 0 Å². The zero-order chi connectivity index (χ0) is 16.4. The van der Waals surface area contributed by atoms with Crippen LogP contribution in [0.5, 0.6) is 0 Å². The van der Waals surface area contributed by atoms with Crippen LogP contribution in [0.15, 0.2) is 29.2 Å². The van der Waals surface area contributed by atoms with Crippen molar-refractivity contribution in [3.8, 4) is 0 Å². The minimum atomic E-state index is -3.16. The molecule has 1 aliphatic rings. The van der Waals surface area contributed by atoms with Crippen LogP contribution in [-0.2, 0) is 16.4 Å². The summed E-state index contributed by atoms with van der Waals surface area (Å²) >= 11 is 0. The molecule has 1 aromatic rings. The molecule has 6 nitrogen and oxygen atoms in total. The zero-order valence-corrected chi connectivity index (χ0v) is 13.7. The first-order chi connectivity index (χ1) is 10.2. The quantitative estimate of drug-likeness (QED) is 0.879. The Balaban J connectivity index is 1.92.